The summed E-state index contributed by atoms with van der Waals surface area (Å²) in [6.07, 6.45) is 13.5. The number of ether oxygens (including phenoxy) is 2. The zero-order valence-electron chi connectivity index (χ0n) is 28.0. The van der Waals surface area contributed by atoms with Crippen LogP contribution in [0.5, 0.6) is 11.5 Å². The number of methoxy groups -OCH3 is 2. The summed E-state index contributed by atoms with van der Waals surface area (Å²) in [6.45, 7) is 21.9. The molecule has 0 N–H and O–H groups in total. The van der Waals surface area contributed by atoms with E-state index in [1.165, 1.54) is 56.9 Å². The molecule has 5 aliphatic carbocycles. The Kier molecular flexibility index (Phi) is 6.96. The van der Waals surface area contributed by atoms with Crippen molar-refractivity contribution in [3.63, 3.8) is 0 Å². The van der Waals surface area contributed by atoms with Gasteiger partial charge in [0.05, 0.1) is 14.2 Å². The van der Waals surface area contributed by atoms with Crippen LogP contribution in [0.4, 0.5) is 0 Å². The van der Waals surface area contributed by atoms with E-state index in [2.05, 4.69) is 67.2 Å². The quantitative estimate of drug-likeness (QED) is 0.266. The van der Waals surface area contributed by atoms with E-state index in [4.69, 9.17) is 9.47 Å². The van der Waals surface area contributed by atoms with Gasteiger partial charge in [-0.3, -0.25) is 4.79 Å². The normalized spacial score (nSPS) is 44.9. The lowest BCUT2D eigenvalue weighted by Crippen LogP contribution is -2.66. The molecule has 9 atom stereocenters. The number of benzene rings is 1. The molecule has 3 heteroatoms. The molecule has 3 nitrogen and oxygen atoms in total. The Morgan fingerprint density at radius 1 is 0.857 bits per heavy atom. The van der Waals surface area contributed by atoms with Crippen molar-refractivity contribution in [2.24, 2.45) is 56.7 Å². The maximum atomic E-state index is 14.2. The van der Waals surface area contributed by atoms with Crippen LogP contribution in [0, 0.1) is 56.7 Å². The Morgan fingerprint density at radius 3 is 2.24 bits per heavy atom. The molecule has 0 saturated heterocycles. The second kappa shape index (κ2) is 9.73. The van der Waals surface area contributed by atoms with E-state index < -0.39 is 0 Å². The zero-order chi connectivity index (χ0) is 30.5. The topological polar surface area (TPSA) is 35.5 Å². The van der Waals surface area contributed by atoms with Crippen molar-refractivity contribution in [3.8, 4) is 11.5 Å². The van der Waals surface area contributed by atoms with Crippen molar-refractivity contribution in [1.82, 2.24) is 0 Å². The number of allylic oxidation sites excluding steroid dienone is 2. The summed E-state index contributed by atoms with van der Waals surface area (Å²) in [5.74, 6) is 5.06. The van der Waals surface area contributed by atoms with Crippen molar-refractivity contribution < 1.29 is 14.3 Å². The fourth-order valence-electron chi connectivity index (χ4n) is 12.6. The minimum atomic E-state index is -0.365. The number of hydrogen-bond donors (Lipinski definition) is 0. The molecule has 0 aromatic heterocycles. The molecule has 1 aromatic carbocycles. The second-order valence-electron chi connectivity index (χ2n) is 16.9. The third-order valence-electron chi connectivity index (χ3n) is 14.8. The maximum Gasteiger partial charge on any atom is 0.164 e. The number of rotatable bonds is 4. The SMILES string of the molecule is C=C(C)C1CCC2(C)CC[C@]3(C)C(CC[C@@H]4C5(C)C/C(=C/c6ccc(OC)c(OC)c6)C(=O)C(C)(C)[C@@H]5CCC43C)[C@@H]12. The van der Waals surface area contributed by atoms with Crippen LogP contribution in [0.1, 0.15) is 112 Å². The van der Waals surface area contributed by atoms with Gasteiger partial charge in [-0.25, -0.2) is 0 Å². The Morgan fingerprint density at radius 2 is 1.57 bits per heavy atom. The summed E-state index contributed by atoms with van der Waals surface area (Å²) in [5.41, 5.74) is 4.28. The molecule has 5 fully saturated rings. The van der Waals surface area contributed by atoms with E-state index in [-0.39, 0.29) is 16.2 Å². The Labute approximate surface area is 255 Å². The van der Waals surface area contributed by atoms with Gasteiger partial charge in [-0.2, -0.15) is 0 Å². The number of carbonyl (C=O) groups excluding carboxylic acids is 1. The molecule has 42 heavy (non-hydrogen) atoms. The minimum Gasteiger partial charge on any atom is -0.493 e. The predicted octanol–water partition coefficient (Wildman–Crippen LogP) is 9.94. The number of ketones is 1. The summed E-state index contributed by atoms with van der Waals surface area (Å²) in [4.78, 5) is 14.2. The highest BCUT2D eigenvalue weighted by Crippen LogP contribution is 2.77. The first-order chi connectivity index (χ1) is 19.7. The fourth-order valence-corrected chi connectivity index (χ4v) is 12.6. The van der Waals surface area contributed by atoms with Gasteiger partial charge < -0.3 is 9.47 Å². The van der Waals surface area contributed by atoms with Crippen LogP contribution in [0.2, 0.25) is 0 Å². The van der Waals surface area contributed by atoms with Crippen LogP contribution in [0.15, 0.2) is 35.9 Å². The molecule has 0 amide bonds. The van der Waals surface area contributed by atoms with Gasteiger partial charge >= 0.3 is 0 Å². The van der Waals surface area contributed by atoms with E-state index in [9.17, 15) is 4.79 Å². The maximum absolute atomic E-state index is 14.2. The third kappa shape index (κ3) is 3.93. The highest BCUT2D eigenvalue weighted by atomic mass is 16.5. The Hall–Kier alpha value is -2.03. The predicted molar refractivity (Wildman–Crippen MR) is 173 cm³/mol. The van der Waals surface area contributed by atoms with Crippen molar-refractivity contribution in [1.29, 1.82) is 0 Å². The molecule has 230 valence electrons. The van der Waals surface area contributed by atoms with Crippen LogP contribution in [-0.4, -0.2) is 20.0 Å². The Bertz CT molecular complexity index is 1320. The number of hydrogen-bond acceptors (Lipinski definition) is 3. The average Bonchev–Trinajstić information content (AvgIpc) is 3.29. The molecule has 6 rings (SSSR count). The Balaban J connectivity index is 1.39. The lowest BCUT2D eigenvalue weighted by atomic mass is 9.32. The van der Waals surface area contributed by atoms with E-state index in [0.29, 0.717) is 40.1 Å². The molecule has 0 spiro atoms. The van der Waals surface area contributed by atoms with Gasteiger partial charge in [0.1, 0.15) is 0 Å². The standard InChI is InChI=1S/C39H56O3/c1-24(2)27-15-17-36(5)19-20-38(7)28(33(27)36)12-14-32-37(6)23-26(21-25-11-13-29(41-9)30(22-25)42-10)34(40)35(3,4)31(37)16-18-39(32,38)8/h11,13,21-22,27-28,31-33H,1,12,14-20,23H2,2-10H3/b26-21-/t27?,28?,31-,32+,33+,36?,37?,38+,39?/m0/s1. The van der Waals surface area contributed by atoms with E-state index in [1.54, 1.807) is 14.2 Å². The van der Waals surface area contributed by atoms with Gasteiger partial charge in [-0.1, -0.05) is 59.8 Å². The van der Waals surface area contributed by atoms with Crippen molar-refractivity contribution >= 4 is 11.9 Å². The zero-order valence-corrected chi connectivity index (χ0v) is 28.0. The smallest absolute Gasteiger partial charge is 0.164 e. The van der Waals surface area contributed by atoms with E-state index in [0.717, 1.165) is 35.1 Å². The molecule has 0 heterocycles. The first-order valence-electron chi connectivity index (χ1n) is 16.8. The van der Waals surface area contributed by atoms with Crippen LogP contribution in [-0.2, 0) is 4.79 Å². The minimum absolute atomic E-state index is 0.102. The number of carbonyl (C=O) groups is 1. The van der Waals surface area contributed by atoms with Gasteiger partial charge in [-0.15, -0.1) is 0 Å². The highest BCUT2D eigenvalue weighted by Gasteiger charge is 2.70. The van der Waals surface area contributed by atoms with E-state index >= 15 is 0 Å². The van der Waals surface area contributed by atoms with Crippen LogP contribution < -0.4 is 9.47 Å². The molecule has 0 bridgehead atoms. The lowest BCUT2D eigenvalue weighted by Gasteiger charge is -2.72. The third-order valence-corrected chi connectivity index (χ3v) is 14.8. The molecule has 1 aromatic rings. The summed E-state index contributed by atoms with van der Waals surface area (Å²) >= 11 is 0. The van der Waals surface area contributed by atoms with Crippen molar-refractivity contribution in [2.45, 2.75) is 106 Å². The summed E-state index contributed by atoms with van der Waals surface area (Å²) in [5, 5.41) is 0. The lowest BCUT2D eigenvalue weighted by molar-refractivity contribution is -0.228. The first kappa shape index (κ1) is 30.0. The summed E-state index contributed by atoms with van der Waals surface area (Å²) in [7, 11) is 3.34. The molecule has 5 aliphatic rings. The van der Waals surface area contributed by atoms with Crippen molar-refractivity contribution in [3.05, 3.63) is 41.5 Å². The molecule has 5 unspecified atom stereocenters. The average molecular weight is 573 g/mol. The van der Waals surface area contributed by atoms with Gasteiger partial charge in [0, 0.05) is 5.41 Å². The van der Waals surface area contributed by atoms with Gasteiger partial charge in [0.2, 0.25) is 0 Å². The van der Waals surface area contributed by atoms with Crippen LogP contribution >= 0.6 is 0 Å². The number of Topliss-reactive ketones (excluding diaryl/α,β-unsaturated/α-hetero) is 1. The summed E-state index contributed by atoms with van der Waals surface area (Å²) in [6, 6.07) is 6.02. The van der Waals surface area contributed by atoms with Crippen LogP contribution in [0.3, 0.4) is 0 Å². The number of fused-ring (bicyclic) bond motifs is 7. The highest BCUT2D eigenvalue weighted by molar-refractivity contribution is 6.04. The molecular formula is C39H56O3. The largest absolute Gasteiger partial charge is 0.493 e. The van der Waals surface area contributed by atoms with Gasteiger partial charge in [-0.05, 0) is 145 Å². The second-order valence-corrected chi connectivity index (χ2v) is 16.9. The van der Waals surface area contributed by atoms with Gasteiger partial charge in [0.25, 0.3) is 0 Å². The molecule has 0 aliphatic heterocycles. The van der Waals surface area contributed by atoms with Crippen molar-refractivity contribution in [2.75, 3.05) is 14.2 Å². The molecule has 0 radical (unpaired) electrons. The van der Waals surface area contributed by atoms with E-state index in [1.807, 2.05) is 12.1 Å². The molecular weight excluding hydrogens is 516 g/mol. The fraction of sp³-hybridized carbons (Fsp3) is 0.718. The van der Waals surface area contributed by atoms with Crippen LogP contribution in [0.25, 0.3) is 6.08 Å². The monoisotopic (exact) mass is 572 g/mol. The van der Waals surface area contributed by atoms with Gasteiger partial charge in [0.15, 0.2) is 17.3 Å². The molecule has 5 saturated carbocycles. The first-order valence-corrected chi connectivity index (χ1v) is 16.8. The summed E-state index contributed by atoms with van der Waals surface area (Å²) < 4.78 is 11.1.